The van der Waals surface area contributed by atoms with Gasteiger partial charge in [0.2, 0.25) is 0 Å². The number of benzene rings is 3. The quantitative estimate of drug-likeness (QED) is 0.554. The van der Waals surface area contributed by atoms with Crippen molar-refractivity contribution in [2.45, 2.75) is 0 Å². The van der Waals surface area contributed by atoms with Crippen molar-refractivity contribution in [1.29, 1.82) is 0 Å². The summed E-state index contributed by atoms with van der Waals surface area (Å²) in [6, 6.07) is 14.9. The number of hydrogen-bond donors (Lipinski definition) is 1. The van der Waals surface area contributed by atoms with Crippen molar-refractivity contribution in [2.75, 3.05) is 14.2 Å². The number of fused-ring (bicyclic) bond motifs is 3. The fraction of sp³-hybridized carbons (Fsp3) is 0.0952. The van der Waals surface area contributed by atoms with Gasteiger partial charge in [-0.1, -0.05) is 12.1 Å². The molecule has 0 aliphatic carbocycles. The Morgan fingerprint density at radius 2 is 1.62 bits per heavy atom. The van der Waals surface area contributed by atoms with Gasteiger partial charge in [-0.05, 0) is 42.0 Å². The molecule has 0 radical (unpaired) electrons. The zero-order chi connectivity index (χ0) is 18.3. The number of halogens is 1. The predicted molar refractivity (Wildman–Crippen MR) is 101 cm³/mol. The number of aromatic nitrogens is 1. The molecule has 4 nitrogen and oxygen atoms in total. The zero-order valence-corrected chi connectivity index (χ0v) is 14.3. The molecule has 4 rings (SSSR count). The lowest BCUT2D eigenvalue weighted by atomic mass is 10.0. The molecule has 130 valence electrons. The third kappa shape index (κ3) is 2.49. The van der Waals surface area contributed by atoms with Crippen LogP contribution in [0.2, 0.25) is 0 Å². The second-order valence-electron chi connectivity index (χ2n) is 5.94. The number of H-pyrrole nitrogens is 1. The molecule has 0 aliphatic heterocycles. The fourth-order valence-corrected chi connectivity index (χ4v) is 3.24. The molecule has 0 spiro atoms. The average molecular weight is 349 g/mol. The van der Waals surface area contributed by atoms with Crippen LogP contribution in [0.1, 0.15) is 0 Å². The molecule has 3 aromatic carbocycles. The van der Waals surface area contributed by atoms with E-state index in [2.05, 4.69) is 4.98 Å². The summed E-state index contributed by atoms with van der Waals surface area (Å²) in [4.78, 5) is 16.1. The second kappa shape index (κ2) is 6.19. The van der Waals surface area contributed by atoms with Crippen molar-refractivity contribution in [1.82, 2.24) is 4.98 Å². The van der Waals surface area contributed by atoms with Gasteiger partial charge >= 0.3 is 0 Å². The highest BCUT2D eigenvalue weighted by atomic mass is 19.1. The van der Waals surface area contributed by atoms with Crippen molar-refractivity contribution in [3.63, 3.8) is 0 Å². The molecule has 0 unspecified atom stereocenters. The first-order chi connectivity index (χ1) is 12.6. The van der Waals surface area contributed by atoms with Crippen LogP contribution in [-0.4, -0.2) is 19.2 Å². The van der Waals surface area contributed by atoms with Crippen molar-refractivity contribution in [3.8, 4) is 22.8 Å². The summed E-state index contributed by atoms with van der Waals surface area (Å²) in [5, 5.41) is 2.11. The number of ether oxygens (including phenoxy) is 2. The predicted octanol–water partition coefficient (Wildman–Crippen LogP) is 4.50. The van der Waals surface area contributed by atoms with Gasteiger partial charge in [0.05, 0.1) is 25.1 Å². The van der Waals surface area contributed by atoms with Gasteiger partial charge < -0.3 is 14.5 Å². The molecule has 0 saturated heterocycles. The van der Waals surface area contributed by atoms with Crippen LogP contribution >= 0.6 is 0 Å². The van der Waals surface area contributed by atoms with E-state index in [4.69, 9.17) is 9.47 Å². The van der Waals surface area contributed by atoms with Gasteiger partial charge in [-0.25, -0.2) is 4.39 Å². The van der Waals surface area contributed by atoms with Crippen LogP contribution in [0, 0.1) is 5.82 Å². The van der Waals surface area contributed by atoms with E-state index in [1.54, 1.807) is 32.4 Å². The van der Waals surface area contributed by atoms with Crippen LogP contribution in [0.4, 0.5) is 4.39 Å². The molecule has 5 heteroatoms. The molecule has 0 saturated carbocycles. The van der Waals surface area contributed by atoms with E-state index in [1.807, 2.05) is 18.2 Å². The smallest absolute Gasteiger partial charge is 0.190 e. The number of pyridine rings is 1. The monoisotopic (exact) mass is 349 g/mol. The Morgan fingerprint density at radius 3 is 2.31 bits per heavy atom. The molecule has 0 aliphatic rings. The lowest BCUT2D eigenvalue weighted by molar-refractivity contribution is 0.416. The molecule has 1 heterocycles. The van der Waals surface area contributed by atoms with Gasteiger partial charge in [0, 0.05) is 22.5 Å². The van der Waals surface area contributed by atoms with Crippen LogP contribution in [-0.2, 0) is 0 Å². The fourth-order valence-electron chi connectivity index (χ4n) is 3.24. The Kier molecular flexibility index (Phi) is 3.84. The maximum absolute atomic E-state index is 13.2. The van der Waals surface area contributed by atoms with Crippen LogP contribution in [0.25, 0.3) is 32.9 Å². The molecular formula is C21H16FNO3. The van der Waals surface area contributed by atoms with Gasteiger partial charge in [-0.2, -0.15) is 0 Å². The van der Waals surface area contributed by atoms with Crippen molar-refractivity contribution >= 4 is 21.7 Å². The molecule has 1 N–H and O–H groups in total. The molecule has 0 fully saturated rings. The Hall–Kier alpha value is -3.34. The number of aromatic amines is 1. The van der Waals surface area contributed by atoms with E-state index in [0.717, 1.165) is 16.3 Å². The number of rotatable bonds is 3. The highest BCUT2D eigenvalue weighted by molar-refractivity contribution is 6.11. The largest absolute Gasteiger partial charge is 0.496 e. The van der Waals surface area contributed by atoms with Crippen LogP contribution < -0.4 is 14.9 Å². The lowest BCUT2D eigenvalue weighted by Gasteiger charge is -2.13. The highest BCUT2D eigenvalue weighted by Gasteiger charge is 2.15. The zero-order valence-electron chi connectivity index (χ0n) is 14.3. The number of hydrogen-bond acceptors (Lipinski definition) is 3. The van der Waals surface area contributed by atoms with Crippen LogP contribution in [0.3, 0.4) is 0 Å². The Morgan fingerprint density at radius 1 is 0.885 bits per heavy atom. The molecule has 26 heavy (non-hydrogen) atoms. The SMILES string of the molecule is COc1cc2c(=O)cc(-c3ccc(F)cc3)[nH]c2c2c(OC)cccc12. The topological polar surface area (TPSA) is 51.3 Å². The lowest BCUT2D eigenvalue weighted by Crippen LogP contribution is -2.04. The first kappa shape index (κ1) is 16.1. The minimum Gasteiger partial charge on any atom is -0.496 e. The van der Waals surface area contributed by atoms with Gasteiger partial charge in [0.25, 0.3) is 0 Å². The molecule has 0 atom stereocenters. The minimum atomic E-state index is -0.325. The Balaban J connectivity index is 2.14. The minimum absolute atomic E-state index is 0.149. The van der Waals surface area contributed by atoms with E-state index in [-0.39, 0.29) is 11.2 Å². The van der Waals surface area contributed by atoms with E-state index in [9.17, 15) is 9.18 Å². The first-order valence-corrected chi connectivity index (χ1v) is 8.09. The molecular weight excluding hydrogens is 333 g/mol. The van der Waals surface area contributed by atoms with Gasteiger partial charge in [-0.3, -0.25) is 4.79 Å². The summed E-state index contributed by atoms with van der Waals surface area (Å²) < 4.78 is 24.2. The normalized spacial score (nSPS) is 11.0. The molecule has 1 aromatic heterocycles. The van der Waals surface area contributed by atoms with Gasteiger partial charge in [-0.15, -0.1) is 0 Å². The second-order valence-corrected chi connectivity index (χ2v) is 5.94. The summed E-state index contributed by atoms with van der Waals surface area (Å²) in [6.07, 6.45) is 0. The summed E-state index contributed by atoms with van der Waals surface area (Å²) >= 11 is 0. The standard InChI is InChI=1S/C21H16FNO3/c1-25-18-5-3-4-14-19(26-2)10-15-17(24)11-16(23-21(15)20(14)18)12-6-8-13(22)9-7-12/h3-11H,1-2H3,(H,23,24). The van der Waals surface area contributed by atoms with Gasteiger partial charge in [0.15, 0.2) is 5.43 Å². The van der Waals surface area contributed by atoms with E-state index >= 15 is 0 Å². The van der Waals surface area contributed by atoms with Crippen LogP contribution in [0.15, 0.2) is 59.4 Å². The maximum Gasteiger partial charge on any atom is 0.190 e. The third-order valence-corrected chi connectivity index (χ3v) is 4.48. The van der Waals surface area contributed by atoms with Crippen molar-refractivity contribution in [2.24, 2.45) is 0 Å². The average Bonchev–Trinajstić information content (AvgIpc) is 2.67. The van der Waals surface area contributed by atoms with Crippen LogP contribution in [0.5, 0.6) is 11.5 Å². The first-order valence-electron chi connectivity index (χ1n) is 8.09. The van der Waals surface area contributed by atoms with Crippen molar-refractivity contribution in [3.05, 3.63) is 70.6 Å². The Bertz CT molecular complexity index is 1180. The van der Waals surface area contributed by atoms with Crippen molar-refractivity contribution < 1.29 is 13.9 Å². The Labute approximate surface area is 148 Å². The summed E-state index contributed by atoms with van der Waals surface area (Å²) in [6.45, 7) is 0. The van der Waals surface area contributed by atoms with Gasteiger partial charge in [0.1, 0.15) is 17.3 Å². The third-order valence-electron chi connectivity index (χ3n) is 4.48. The molecule has 0 amide bonds. The van der Waals surface area contributed by atoms with E-state index in [1.165, 1.54) is 18.2 Å². The number of nitrogens with one attached hydrogen (secondary N) is 1. The summed E-state index contributed by atoms with van der Waals surface area (Å²) in [5.74, 6) is 0.915. The van der Waals surface area contributed by atoms with E-state index < -0.39 is 0 Å². The maximum atomic E-state index is 13.2. The highest BCUT2D eigenvalue weighted by Crippen LogP contribution is 2.37. The summed E-state index contributed by atoms with van der Waals surface area (Å²) in [7, 11) is 3.16. The molecule has 4 aromatic rings. The number of methoxy groups -OCH3 is 2. The van der Waals surface area contributed by atoms with E-state index in [0.29, 0.717) is 28.1 Å². The summed E-state index contributed by atoms with van der Waals surface area (Å²) in [5.41, 5.74) is 1.85. The molecule has 0 bridgehead atoms.